The Kier molecular flexibility index (Phi) is 2.60. The number of ketones is 2. The molecular formula is C14H9IN2O2. The fourth-order valence-electron chi connectivity index (χ4n) is 2.31. The van der Waals surface area contributed by atoms with Crippen LogP contribution in [0.4, 0.5) is 11.4 Å². The molecule has 1 aliphatic rings. The Hall–Kier alpha value is -1.89. The first-order valence-electron chi connectivity index (χ1n) is 5.58. The van der Waals surface area contributed by atoms with Crippen LogP contribution in [0.3, 0.4) is 0 Å². The zero-order valence-corrected chi connectivity index (χ0v) is 11.9. The van der Waals surface area contributed by atoms with Gasteiger partial charge in [-0.25, -0.2) is 0 Å². The molecule has 2 aromatic carbocycles. The zero-order chi connectivity index (χ0) is 13.7. The van der Waals surface area contributed by atoms with Gasteiger partial charge in [-0.2, -0.15) is 0 Å². The minimum atomic E-state index is -0.245. The number of rotatable bonds is 0. The van der Waals surface area contributed by atoms with E-state index in [9.17, 15) is 9.59 Å². The molecule has 0 aliphatic heterocycles. The lowest BCUT2D eigenvalue weighted by Gasteiger charge is -2.21. The van der Waals surface area contributed by atoms with Crippen molar-refractivity contribution in [2.75, 3.05) is 11.5 Å². The van der Waals surface area contributed by atoms with Gasteiger partial charge in [-0.3, -0.25) is 9.59 Å². The van der Waals surface area contributed by atoms with Crippen LogP contribution in [0.2, 0.25) is 0 Å². The topological polar surface area (TPSA) is 86.2 Å². The molecule has 94 valence electrons. The molecule has 0 saturated heterocycles. The number of fused-ring (bicyclic) bond motifs is 2. The molecule has 4 N–H and O–H groups in total. The van der Waals surface area contributed by atoms with Gasteiger partial charge in [-0.05, 0) is 28.7 Å². The summed E-state index contributed by atoms with van der Waals surface area (Å²) in [6.07, 6.45) is 0. The van der Waals surface area contributed by atoms with Crippen LogP contribution >= 0.6 is 22.6 Å². The minimum absolute atomic E-state index is 0.224. The summed E-state index contributed by atoms with van der Waals surface area (Å²) in [5.74, 6) is -0.487. The summed E-state index contributed by atoms with van der Waals surface area (Å²) in [5.41, 5.74) is 13.7. The molecule has 0 atom stereocenters. The average Bonchev–Trinajstić information content (AvgIpc) is 2.40. The summed E-state index contributed by atoms with van der Waals surface area (Å²) in [5, 5.41) is 0. The molecule has 5 heteroatoms. The molecule has 19 heavy (non-hydrogen) atoms. The number of carbonyl (C=O) groups excluding carboxylic acids is 2. The molecule has 0 unspecified atom stereocenters. The second-order valence-electron chi connectivity index (χ2n) is 4.32. The lowest BCUT2D eigenvalue weighted by Crippen LogP contribution is -2.24. The summed E-state index contributed by atoms with van der Waals surface area (Å²) >= 11 is 2.00. The van der Waals surface area contributed by atoms with E-state index >= 15 is 0 Å². The van der Waals surface area contributed by atoms with Gasteiger partial charge in [0, 0.05) is 20.4 Å². The van der Waals surface area contributed by atoms with Gasteiger partial charge in [-0.1, -0.05) is 24.3 Å². The number of nitrogen functional groups attached to an aromatic ring is 2. The molecule has 3 rings (SSSR count). The standard InChI is InChI=1S/C14H9IN2O2/c15-8-5-9(16)10-11(12(8)17)14(19)7-4-2-1-3-6(7)13(10)18/h1-5H,16-17H2. The van der Waals surface area contributed by atoms with E-state index in [1.807, 2.05) is 22.6 Å². The van der Waals surface area contributed by atoms with E-state index in [4.69, 9.17) is 11.5 Å². The highest BCUT2D eigenvalue weighted by Gasteiger charge is 2.33. The largest absolute Gasteiger partial charge is 0.398 e. The third kappa shape index (κ3) is 1.58. The van der Waals surface area contributed by atoms with Crippen molar-refractivity contribution in [3.05, 3.63) is 56.2 Å². The molecule has 0 bridgehead atoms. The van der Waals surface area contributed by atoms with Crippen molar-refractivity contribution in [1.82, 2.24) is 0 Å². The summed E-state index contributed by atoms with van der Waals surface area (Å²) in [7, 11) is 0. The summed E-state index contributed by atoms with van der Waals surface area (Å²) < 4.78 is 0.675. The van der Waals surface area contributed by atoms with E-state index in [1.165, 1.54) is 0 Å². The third-order valence-corrected chi connectivity index (χ3v) is 4.11. The van der Waals surface area contributed by atoms with Crippen LogP contribution in [0.1, 0.15) is 31.8 Å². The van der Waals surface area contributed by atoms with E-state index in [0.29, 0.717) is 26.1 Å². The van der Waals surface area contributed by atoms with E-state index < -0.39 is 0 Å². The minimum Gasteiger partial charge on any atom is -0.398 e. The fraction of sp³-hybridized carbons (Fsp3) is 0. The second-order valence-corrected chi connectivity index (χ2v) is 5.48. The van der Waals surface area contributed by atoms with Gasteiger partial charge >= 0.3 is 0 Å². The molecule has 2 aromatic rings. The van der Waals surface area contributed by atoms with Crippen molar-refractivity contribution >= 4 is 45.5 Å². The first kappa shape index (κ1) is 12.2. The van der Waals surface area contributed by atoms with Crippen LogP contribution in [0.25, 0.3) is 0 Å². The third-order valence-electron chi connectivity index (χ3n) is 3.22. The smallest absolute Gasteiger partial charge is 0.196 e. The van der Waals surface area contributed by atoms with Crippen LogP contribution in [-0.4, -0.2) is 11.6 Å². The molecule has 4 nitrogen and oxygen atoms in total. The van der Waals surface area contributed by atoms with Gasteiger partial charge in [0.1, 0.15) is 0 Å². The van der Waals surface area contributed by atoms with Gasteiger partial charge in [0.15, 0.2) is 11.6 Å². The Morgan fingerprint density at radius 1 is 0.895 bits per heavy atom. The highest BCUT2D eigenvalue weighted by Crippen LogP contribution is 2.36. The molecule has 0 aromatic heterocycles. The molecule has 1 aliphatic carbocycles. The van der Waals surface area contributed by atoms with Crippen LogP contribution in [0.5, 0.6) is 0 Å². The number of nitrogens with two attached hydrogens (primary N) is 2. The van der Waals surface area contributed by atoms with E-state index in [0.717, 1.165) is 0 Å². The highest BCUT2D eigenvalue weighted by molar-refractivity contribution is 14.1. The van der Waals surface area contributed by atoms with Crippen molar-refractivity contribution in [3.63, 3.8) is 0 Å². The van der Waals surface area contributed by atoms with Gasteiger partial charge in [0.2, 0.25) is 0 Å². The highest BCUT2D eigenvalue weighted by atomic mass is 127. The molecule has 0 radical (unpaired) electrons. The number of carbonyl (C=O) groups is 2. The van der Waals surface area contributed by atoms with Gasteiger partial charge in [0.25, 0.3) is 0 Å². The number of hydrogen-bond donors (Lipinski definition) is 2. The SMILES string of the molecule is Nc1cc(I)c(N)c2c1C(=O)c1ccccc1C2=O. The number of hydrogen-bond acceptors (Lipinski definition) is 4. The predicted molar refractivity (Wildman–Crippen MR) is 81.3 cm³/mol. The van der Waals surface area contributed by atoms with Crippen molar-refractivity contribution in [3.8, 4) is 0 Å². The van der Waals surface area contributed by atoms with Gasteiger partial charge < -0.3 is 11.5 Å². The molecule has 0 heterocycles. The number of benzene rings is 2. The van der Waals surface area contributed by atoms with Crippen molar-refractivity contribution in [1.29, 1.82) is 0 Å². The van der Waals surface area contributed by atoms with Gasteiger partial charge in [-0.15, -0.1) is 0 Å². The number of anilines is 2. The molecule has 0 spiro atoms. The maximum Gasteiger partial charge on any atom is 0.196 e. The molecule has 0 fully saturated rings. The Bertz CT molecular complexity index is 753. The maximum absolute atomic E-state index is 12.5. The quantitative estimate of drug-likeness (QED) is 0.473. The summed E-state index contributed by atoms with van der Waals surface area (Å²) in [4.78, 5) is 24.9. The Morgan fingerprint density at radius 2 is 1.42 bits per heavy atom. The zero-order valence-electron chi connectivity index (χ0n) is 9.74. The molecular weight excluding hydrogens is 355 g/mol. The first-order valence-corrected chi connectivity index (χ1v) is 6.66. The normalized spacial score (nSPS) is 13.1. The van der Waals surface area contributed by atoms with Crippen LogP contribution in [-0.2, 0) is 0 Å². The van der Waals surface area contributed by atoms with Gasteiger partial charge in [0.05, 0.1) is 16.8 Å². The van der Waals surface area contributed by atoms with Crippen LogP contribution < -0.4 is 11.5 Å². The van der Waals surface area contributed by atoms with Crippen molar-refractivity contribution < 1.29 is 9.59 Å². The predicted octanol–water partition coefficient (Wildman–Crippen LogP) is 2.23. The van der Waals surface area contributed by atoms with E-state index in [-0.39, 0.29) is 22.7 Å². The first-order chi connectivity index (χ1) is 9.02. The Morgan fingerprint density at radius 3 is 2.00 bits per heavy atom. The molecule has 0 amide bonds. The summed E-state index contributed by atoms with van der Waals surface area (Å²) in [6.45, 7) is 0. The lowest BCUT2D eigenvalue weighted by molar-refractivity contribution is 0.0980. The number of halogens is 1. The van der Waals surface area contributed by atoms with E-state index in [1.54, 1.807) is 30.3 Å². The van der Waals surface area contributed by atoms with Crippen molar-refractivity contribution in [2.24, 2.45) is 0 Å². The van der Waals surface area contributed by atoms with E-state index in [2.05, 4.69) is 0 Å². The monoisotopic (exact) mass is 364 g/mol. The lowest BCUT2D eigenvalue weighted by atomic mass is 9.82. The van der Waals surface area contributed by atoms with Crippen molar-refractivity contribution in [2.45, 2.75) is 0 Å². The second kappa shape index (κ2) is 4.06. The average molecular weight is 364 g/mol. The Labute approximate surface area is 122 Å². The fourth-order valence-corrected chi connectivity index (χ4v) is 2.92. The summed E-state index contributed by atoms with van der Waals surface area (Å²) in [6, 6.07) is 8.33. The van der Waals surface area contributed by atoms with Crippen LogP contribution in [0.15, 0.2) is 30.3 Å². The Balaban J connectivity index is 2.43. The maximum atomic E-state index is 12.5. The molecule has 0 saturated carbocycles. The van der Waals surface area contributed by atoms with Crippen LogP contribution in [0, 0.1) is 3.57 Å².